The summed E-state index contributed by atoms with van der Waals surface area (Å²) in [6.45, 7) is 28.7. The van der Waals surface area contributed by atoms with Crippen LogP contribution in [0.2, 0.25) is 0 Å². The van der Waals surface area contributed by atoms with Crippen LogP contribution < -0.4 is 0 Å². The van der Waals surface area contributed by atoms with Gasteiger partial charge in [0.2, 0.25) is 0 Å². The van der Waals surface area contributed by atoms with Crippen LogP contribution in [0.15, 0.2) is 36.4 Å². The van der Waals surface area contributed by atoms with E-state index >= 15 is 0 Å². The lowest BCUT2D eigenvalue weighted by Gasteiger charge is -2.58. The minimum absolute atomic E-state index is 0.0517. The zero-order valence-electron chi connectivity index (χ0n) is 21.6. The second-order valence-electron chi connectivity index (χ2n) is 13.3. The summed E-state index contributed by atoms with van der Waals surface area (Å²) in [4.78, 5) is 0. The van der Waals surface area contributed by atoms with Crippen molar-refractivity contribution in [3.63, 3.8) is 0 Å². The minimum atomic E-state index is -0.117. The molecule has 168 valence electrons. The fraction of sp³-hybridized carbons (Fsp3) is 0.643. The lowest BCUT2D eigenvalue weighted by atomic mass is 9.56. The van der Waals surface area contributed by atoms with Gasteiger partial charge in [-0.2, -0.15) is 0 Å². The molecule has 0 fully saturated rings. The molecule has 0 amide bonds. The Kier molecular flexibility index (Phi) is 6.51. The third-order valence-electron chi connectivity index (χ3n) is 7.48. The maximum absolute atomic E-state index is 3.36. The highest BCUT2D eigenvalue weighted by atomic mass is 31.0. The minimum Gasteiger partial charge on any atom is -0.125 e. The molecule has 0 bridgehead atoms. The average molecular weight is 445 g/mol. The summed E-state index contributed by atoms with van der Waals surface area (Å²) in [7, 11) is 6.70. The van der Waals surface area contributed by atoms with Gasteiger partial charge in [0.05, 0.1) is 0 Å². The molecule has 0 heterocycles. The molecule has 0 radical (unpaired) electrons. The van der Waals surface area contributed by atoms with Gasteiger partial charge in [-0.25, -0.2) is 0 Å². The first-order valence-electron chi connectivity index (χ1n) is 11.3. The predicted molar refractivity (Wildman–Crippen MR) is 145 cm³/mol. The van der Waals surface area contributed by atoms with Gasteiger partial charge in [0.25, 0.3) is 0 Å². The first-order valence-corrected chi connectivity index (χ1v) is 12.5. The summed E-state index contributed by atoms with van der Waals surface area (Å²) in [5.74, 6) is 0. The maximum Gasteiger partial charge on any atom is 0.0203 e. The summed E-state index contributed by atoms with van der Waals surface area (Å²) in [6.07, 6.45) is 0. The van der Waals surface area contributed by atoms with Gasteiger partial charge in [0.15, 0.2) is 0 Å². The average Bonchev–Trinajstić information content (AvgIpc) is 2.55. The van der Waals surface area contributed by atoms with Gasteiger partial charge in [-0.3, -0.25) is 0 Å². The third-order valence-corrected chi connectivity index (χ3v) is 11.5. The van der Waals surface area contributed by atoms with Gasteiger partial charge in [-0.15, -0.1) is 18.5 Å². The lowest BCUT2D eigenvalue weighted by Crippen LogP contribution is -2.50. The number of rotatable bonds is 2. The van der Waals surface area contributed by atoms with Crippen molar-refractivity contribution in [2.45, 2.75) is 93.4 Å². The van der Waals surface area contributed by atoms with Crippen molar-refractivity contribution in [3.05, 3.63) is 47.5 Å². The van der Waals surface area contributed by atoms with Crippen LogP contribution in [0.3, 0.4) is 0 Å². The van der Waals surface area contributed by atoms with Crippen molar-refractivity contribution in [2.75, 3.05) is 0 Å². The molecule has 30 heavy (non-hydrogen) atoms. The molecule has 0 aromatic heterocycles. The second-order valence-corrected chi connectivity index (χ2v) is 15.1. The van der Waals surface area contributed by atoms with Crippen LogP contribution in [-0.4, -0.2) is 0 Å². The van der Waals surface area contributed by atoms with E-state index in [0.29, 0.717) is 0 Å². The highest BCUT2D eigenvalue weighted by Gasteiger charge is 2.55. The van der Waals surface area contributed by atoms with Gasteiger partial charge < -0.3 is 0 Å². The van der Waals surface area contributed by atoms with E-state index in [0.717, 1.165) is 0 Å². The largest absolute Gasteiger partial charge is 0.125 e. The molecule has 2 aromatic rings. The van der Waals surface area contributed by atoms with Crippen LogP contribution in [0.25, 0.3) is 10.8 Å². The van der Waals surface area contributed by atoms with Crippen LogP contribution in [-0.2, 0) is 10.3 Å². The lowest BCUT2D eigenvalue weighted by molar-refractivity contribution is 0.119. The third kappa shape index (κ3) is 3.80. The Morgan fingerprint density at radius 2 is 0.900 bits per heavy atom. The molecule has 0 saturated carbocycles. The van der Waals surface area contributed by atoms with Crippen LogP contribution in [0, 0.1) is 21.7 Å². The van der Waals surface area contributed by atoms with Crippen molar-refractivity contribution in [1.82, 2.24) is 0 Å². The van der Waals surface area contributed by atoms with E-state index in [2.05, 4.69) is 138 Å². The first-order chi connectivity index (χ1) is 13.2. The van der Waals surface area contributed by atoms with Gasteiger partial charge in [-0.1, -0.05) is 119 Å². The fourth-order valence-corrected chi connectivity index (χ4v) is 6.38. The summed E-state index contributed by atoms with van der Waals surface area (Å²) in [6, 6.07) is 13.7. The predicted octanol–water partition coefficient (Wildman–Crippen LogP) is 9.17. The van der Waals surface area contributed by atoms with E-state index in [4.69, 9.17) is 0 Å². The van der Waals surface area contributed by atoms with E-state index in [1.54, 1.807) is 0 Å². The molecule has 0 nitrogen and oxygen atoms in total. The number of hydrogen-bond donors (Lipinski definition) is 0. The van der Waals surface area contributed by atoms with Crippen LogP contribution in [0.4, 0.5) is 0 Å². The Morgan fingerprint density at radius 1 is 0.500 bits per heavy atom. The van der Waals surface area contributed by atoms with E-state index in [-0.39, 0.29) is 32.0 Å². The Bertz CT molecular complexity index is 881. The zero-order valence-corrected chi connectivity index (χ0v) is 23.9. The normalized spacial score (nSPS) is 15.0. The Hall–Kier alpha value is -0.440. The van der Waals surface area contributed by atoms with E-state index in [1.165, 1.54) is 21.9 Å². The molecule has 2 heteroatoms. The summed E-state index contributed by atoms with van der Waals surface area (Å²) in [5, 5.41) is 2.49. The molecule has 0 aliphatic carbocycles. The highest BCUT2D eigenvalue weighted by molar-refractivity contribution is 7.19. The van der Waals surface area contributed by atoms with Crippen molar-refractivity contribution >= 4 is 29.3 Å². The van der Waals surface area contributed by atoms with E-state index in [9.17, 15) is 0 Å². The smallest absolute Gasteiger partial charge is 0.0203 e. The van der Waals surface area contributed by atoms with Crippen LogP contribution in [0.1, 0.15) is 94.2 Å². The topological polar surface area (TPSA) is 0 Å². The van der Waals surface area contributed by atoms with Crippen LogP contribution >= 0.6 is 18.5 Å². The van der Waals surface area contributed by atoms with Gasteiger partial charge >= 0.3 is 0 Å². The molecule has 0 aliphatic rings. The molecular formula is C28H46P2. The number of fused-ring (bicyclic) bond motifs is 1. The SMILES string of the molecule is CC(C)(C)C(P)(c1ccc2ccccc2c1C(P)(C(C)(C)C)C(C)(C)C)C(C)(C)C. The summed E-state index contributed by atoms with van der Waals surface area (Å²) in [5.41, 5.74) is 3.19. The van der Waals surface area contributed by atoms with Gasteiger partial charge in [-0.05, 0) is 43.6 Å². The van der Waals surface area contributed by atoms with Gasteiger partial charge in [0.1, 0.15) is 0 Å². The van der Waals surface area contributed by atoms with Crippen molar-refractivity contribution < 1.29 is 0 Å². The van der Waals surface area contributed by atoms with Crippen molar-refractivity contribution in [2.24, 2.45) is 21.7 Å². The molecule has 2 atom stereocenters. The Labute approximate surface area is 191 Å². The maximum atomic E-state index is 3.36. The summed E-state index contributed by atoms with van der Waals surface area (Å²) < 4.78 is 0. The van der Waals surface area contributed by atoms with Crippen molar-refractivity contribution in [1.29, 1.82) is 0 Å². The Balaban J connectivity index is 3.23. The van der Waals surface area contributed by atoms with Crippen molar-refractivity contribution in [3.8, 4) is 0 Å². The molecule has 2 aromatic carbocycles. The second kappa shape index (κ2) is 7.56. The Morgan fingerprint density at radius 3 is 1.30 bits per heavy atom. The van der Waals surface area contributed by atoms with E-state index in [1.807, 2.05) is 0 Å². The zero-order chi connectivity index (χ0) is 23.6. The molecule has 2 rings (SSSR count). The number of hydrogen-bond acceptors (Lipinski definition) is 0. The highest BCUT2D eigenvalue weighted by Crippen LogP contribution is 2.65. The molecule has 0 N–H and O–H groups in total. The molecular weight excluding hydrogens is 398 g/mol. The quantitative estimate of drug-likeness (QED) is 0.405. The molecule has 0 saturated heterocycles. The molecule has 0 aliphatic heterocycles. The fourth-order valence-electron chi connectivity index (χ4n) is 5.83. The molecule has 2 unspecified atom stereocenters. The number of benzene rings is 2. The first kappa shape index (κ1) is 25.8. The molecule has 0 spiro atoms. The summed E-state index contributed by atoms with van der Waals surface area (Å²) >= 11 is 0. The monoisotopic (exact) mass is 444 g/mol. The van der Waals surface area contributed by atoms with E-state index < -0.39 is 0 Å². The standard InChI is InChI=1S/C28H46P2/c1-23(2,3)27(29,24(4,5)6)21-18-17-19-15-13-14-16-20(19)22(21)28(30,25(7,8)9)26(10,11)12/h13-18H,29-30H2,1-12H3. The van der Waals surface area contributed by atoms with Gasteiger partial charge in [0, 0.05) is 10.3 Å². The van der Waals surface area contributed by atoms with Crippen LogP contribution in [0.5, 0.6) is 0 Å².